The molecule has 1 aliphatic carbocycles. The Morgan fingerprint density at radius 3 is 2.65 bits per heavy atom. The van der Waals surface area contributed by atoms with Crippen molar-refractivity contribution in [3.8, 4) is 0 Å². The summed E-state index contributed by atoms with van der Waals surface area (Å²) in [7, 11) is 0.583. The van der Waals surface area contributed by atoms with Gasteiger partial charge in [0.2, 0.25) is 0 Å². The van der Waals surface area contributed by atoms with Gasteiger partial charge in [0.25, 0.3) is 0 Å². The average molecular weight is 446 g/mol. The molecule has 9 heteroatoms. The molecule has 0 radical (unpaired) electrons. The smallest absolute Gasteiger partial charge is 0.178 e. The molecule has 0 N–H and O–H groups in total. The standard InChI is InChI=1S/C22H31N5O3S/c1-7-8-18(25(4)5)21-23-16(3)20-17(22(9-10-22)31(6,28)29)13-19(24-27(20)21)26-11-12-30-14-15(26)2/h7-8,13,15H,1,9-12,14H2,2-6H3/b18-8-. The highest BCUT2D eigenvalue weighted by molar-refractivity contribution is 7.92. The molecule has 0 amide bonds. The summed E-state index contributed by atoms with van der Waals surface area (Å²) in [6.07, 6.45) is 6.19. The molecule has 1 atom stereocenters. The molecule has 1 saturated carbocycles. The SMILES string of the molecule is C=C/C=C(/c1nc(C)c2c(C3(S(C)(=O)=O)CC3)cc(N3CCOCC3C)nn12)N(C)C. The predicted molar refractivity (Wildman–Crippen MR) is 123 cm³/mol. The number of allylic oxidation sites excluding steroid dienone is 2. The van der Waals surface area contributed by atoms with Crippen LogP contribution in [0.1, 0.15) is 36.8 Å². The van der Waals surface area contributed by atoms with Gasteiger partial charge in [0.05, 0.1) is 40.9 Å². The maximum Gasteiger partial charge on any atom is 0.178 e. The predicted octanol–water partition coefficient (Wildman–Crippen LogP) is 2.39. The van der Waals surface area contributed by atoms with Crippen LogP contribution in [0.2, 0.25) is 0 Å². The second kappa shape index (κ2) is 7.63. The molecule has 4 rings (SSSR count). The van der Waals surface area contributed by atoms with Crippen LogP contribution in [0.5, 0.6) is 0 Å². The second-order valence-electron chi connectivity index (χ2n) is 8.76. The fourth-order valence-corrected chi connectivity index (χ4v) is 5.86. The molecule has 2 aliphatic rings. The summed E-state index contributed by atoms with van der Waals surface area (Å²) in [5.41, 5.74) is 3.20. The van der Waals surface area contributed by atoms with Gasteiger partial charge >= 0.3 is 0 Å². The van der Waals surface area contributed by atoms with Gasteiger partial charge in [-0.25, -0.2) is 17.9 Å². The van der Waals surface area contributed by atoms with E-state index in [-0.39, 0.29) is 6.04 Å². The molecule has 31 heavy (non-hydrogen) atoms. The normalized spacial score (nSPS) is 21.4. The zero-order valence-corrected chi connectivity index (χ0v) is 19.7. The van der Waals surface area contributed by atoms with Crippen LogP contribution in [0.25, 0.3) is 11.2 Å². The fraction of sp³-hybridized carbons (Fsp3) is 0.545. The lowest BCUT2D eigenvalue weighted by atomic mass is 10.1. The van der Waals surface area contributed by atoms with E-state index in [0.29, 0.717) is 38.4 Å². The topological polar surface area (TPSA) is 80.0 Å². The first-order chi connectivity index (χ1) is 14.6. The summed E-state index contributed by atoms with van der Waals surface area (Å²) < 4.78 is 32.3. The molecule has 0 bridgehead atoms. The molecule has 3 heterocycles. The third kappa shape index (κ3) is 3.53. The molecule has 2 aromatic rings. The molecule has 0 aromatic carbocycles. The highest BCUT2D eigenvalue weighted by Crippen LogP contribution is 2.54. The average Bonchev–Trinajstić information content (AvgIpc) is 3.46. The number of aryl methyl sites for hydroxylation is 1. The summed E-state index contributed by atoms with van der Waals surface area (Å²) in [5, 5.41) is 4.97. The van der Waals surface area contributed by atoms with Crippen molar-refractivity contribution in [2.24, 2.45) is 0 Å². The van der Waals surface area contributed by atoms with Crippen molar-refractivity contribution in [3.05, 3.63) is 41.9 Å². The largest absolute Gasteiger partial charge is 0.377 e. The van der Waals surface area contributed by atoms with Crippen LogP contribution in [0.4, 0.5) is 5.82 Å². The van der Waals surface area contributed by atoms with Crippen molar-refractivity contribution in [3.63, 3.8) is 0 Å². The van der Waals surface area contributed by atoms with E-state index in [1.165, 1.54) is 6.26 Å². The van der Waals surface area contributed by atoms with Crippen LogP contribution in [0, 0.1) is 6.92 Å². The molecule has 168 valence electrons. The molecule has 0 spiro atoms. The van der Waals surface area contributed by atoms with Gasteiger partial charge in [-0.3, -0.25) is 0 Å². The molecular weight excluding hydrogens is 414 g/mol. The van der Waals surface area contributed by atoms with Crippen molar-refractivity contribution in [2.75, 3.05) is 45.0 Å². The molecule has 2 aromatic heterocycles. The van der Waals surface area contributed by atoms with E-state index in [1.807, 2.05) is 42.6 Å². The van der Waals surface area contributed by atoms with E-state index in [9.17, 15) is 8.42 Å². The summed E-state index contributed by atoms with van der Waals surface area (Å²) in [5.74, 6) is 1.43. The van der Waals surface area contributed by atoms with Crippen molar-refractivity contribution in [1.82, 2.24) is 19.5 Å². The third-order valence-corrected chi connectivity index (χ3v) is 8.36. The minimum absolute atomic E-state index is 0.144. The highest BCUT2D eigenvalue weighted by atomic mass is 32.2. The van der Waals surface area contributed by atoms with Gasteiger partial charge in [-0.2, -0.15) is 0 Å². The minimum Gasteiger partial charge on any atom is -0.377 e. The van der Waals surface area contributed by atoms with Gasteiger partial charge in [0, 0.05) is 32.5 Å². The maximum atomic E-state index is 12.9. The Morgan fingerprint density at radius 2 is 2.10 bits per heavy atom. The molecule has 1 saturated heterocycles. The Hall–Kier alpha value is -2.39. The number of sulfone groups is 1. The number of hydrogen-bond acceptors (Lipinski definition) is 7. The first-order valence-corrected chi connectivity index (χ1v) is 12.4. The lowest BCUT2D eigenvalue weighted by molar-refractivity contribution is 0.0984. The number of morpholine rings is 1. The van der Waals surface area contributed by atoms with Crippen LogP contribution in [-0.2, 0) is 19.3 Å². The summed E-state index contributed by atoms with van der Waals surface area (Å²) >= 11 is 0. The Balaban J connectivity index is 2.04. The maximum absolute atomic E-state index is 12.9. The van der Waals surface area contributed by atoms with Gasteiger partial charge in [0.15, 0.2) is 15.7 Å². The summed E-state index contributed by atoms with van der Waals surface area (Å²) in [4.78, 5) is 8.98. The zero-order chi connectivity index (χ0) is 22.6. The van der Waals surface area contributed by atoms with Crippen molar-refractivity contribution in [2.45, 2.75) is 37.5 Å². The van der Waals surface area contributed by atoms with Gasteiger partial charge in [-0.15, -0.1) is 5.10 Å². The van der Waals surface area contributed by atoms with E-state index in [1.54, 1.807) is 6.08 Å². The number of ether oxygens (including phenoxy) is 1. The van der Waals surface area contributed by atoms with Crippen LogP contribution >= 0.6 is 0 Å². The number of aromatic nitrogens is 3. The molecular formula is C22H31N5O3S. The Bertz CT molecular complexity index is 1160. The van der Waals surface area contributed by atoms with E-state index in [4.69, 9.17) is 14.8 Å². The van der Waals surface area contributed by atoms with Crippen molar-refractivity contribution >= 4 is 26.9 Å². The van der Waals surface area contributed by atoms with Crippen molar-refractivity contribution < 1.29 is 13.2 Å². The number of nitrogens with zero attached hydrogens (tertiary/aromatic N) is 5. The monoisotopic (exact) mass is 445 g/mol. The molecule has 8 nitrogen and oxygen atoms in total. The first-order valence-electron chi connectivity index (χ1n) is 10.6. The van der Waals surface area contributed by atoms with Gasteiger partial charge in [0.1, 0.15) is 5.82 Å². The number of anilines is 1. The Labute approximate surface area is 184 Å². The third-order valence-electron chi connectivity index (χ3n) is 6.31. The number of fused-ring (bicyclic) bond motifs is 1. The minimum atomic E-state index is -3.30. The van der Waals surface area contributed by atoms with E-state index >= 15 is 0 Å². The van der Waals surface area contributed by atoms with E-state index in [2.05, 4.69) is 18.4 Å². The lowest BCUT2D eigenvalue weighted by Crippen LogP contribution is -2.44. The van der Waals surface area contributed by atoms with Crippen LogP contribution in [0.3, 0.4) is 0 Å². The summed E-state index contributed by atoms with van der Waals surface area (Å²) in [6, 6.07) is 2.11. The van der Waals surface area contributed by atoms with Crippen LogP contribution < -0.4 is 4.90 Å². The molecule has 1 aliphatic heterocycles. The van der Waals surface area contributed by atoms with Crippen molar-refractivity contribution in [1.29, 1.82) is 0 Å². The fourth-order valence-electron chi connectivity index (χ4n) is 4.46. The number of rotatable bonds is 6. The van der Waals surface area contributed by atoms with E-state index < -0.39 is 14.6 Å². The zero-order valence-electron chi connectivity index (χ0n) is 18.9. The number of imidazole rings is 1. The van der Waals surface area contributed by atoms with Gasteiger partial charge in [-0.05, 0) is 38.8 Å². The molecule has 1 unspecified atom stereocenters. The first kappa shape index (κ1) is 21.8. The molecule has 2 fully saturated rings. The second-order valence-corrected chi connectivity index (χ2v) is 11.1. The van der Waals surface area contributed by atoms with Crippen LogP contribution in [-0.4, -0.2) is 74.1 Å². The van der Waals surface area contributed by atoms with E-state index in [0.717, 1.165) is 28.3 Å². The summed E-state index contributed by atoms with van der Waals surface area (Å²) in [6.45, 7) is 9.78. The Morgan fingerprint density at radius 1 is 1.39 bits per heavy atom. The van der Waals surface area contributed by atoms with Crippen LogP contribution in [0.15, 0.2) is 24.8 Å². The lowest BCUT2D eigenvalue weighted by Gasteiger charge is -2.34. The number of hydrogen-bond donors (Lipinski definition) is 0. The Kier molecular flexibility index (Phi) is 5.37. The van der Waals surface area contributed by atoms with Gasteiger partial charge < -0.3 is 14.5 Å². The quantitative estimate of drug-likeness (QED) is 0.632. The highest BCUT2D eigenvalue weighted by Gasteiger charge is 2.55. The van der Waals surface area contributed by atoms with Gasteiger partial charge in [-0.1, -0.05) is 12.7 Å².